The van der Waals surface area contributed by atoms with Crippen molar-refractivity contribution in [1.29, 1.82) is 0 Å². The Bertz CT molecular complexity index is 506. The van der Waals surface area contributed by atoms with Crippen LogP contribution < -0.4 is 5.32 Å². The van der Waals surface area contributed by atoms with Crippen molar-refractivity contribution in [3.8, 4) is 0 Å². The van der Waals surface area contributed by atoms with Crippen LogP contribution in [0.25, 0.3) is 10.9 Å². The van der Waals surface area contributed by atoms with Crippen molar-refractivity contribution in [2.45, 2.75) is 25.0 Å². The molecule has 0 saturated heterocycles. The summed E-state index contributed by atoms with van der Waals surface area (Å²) in [7, 11) is 0. The summed E-state index contributed by atoms with van der Waals surface area (Å²) in [5.74, 6) is 0.899. The fourth-order valence-corrected chi connectivity index (χ4v) is 2.06. The zero-order valence-corrected chi connectivity index (χ0v) is 8.93. The molecule has 3 heteroatoms. The predicted octanol–water partition coefficient (Wildman–Crippen LogP) is 2.17. The first kappa shape index (κ1) is 9.60. The lowest BCUT2D eigenvalue weighted by Gasteiger charge is -2.32. The van der Waals surface area contributed by atoms with E-state index in [0.29, 0.717) is 6.04 Å². The maximum Gasteiger partial charge on any atom is 0.126 e. The van der Waals surface area contributed by atoms with Gasteiger partial charge in [-0.1, -0.05) is 18.2 Å². The van der Waals surface area contributed by atoms with Gasteiger partial charge in [0.1, 0.15) is 5.82 Å². The number of aliphatic hydroxyl groups excluding tert-OH is 1. The molecule has 82 valence electrons. The van der Waals surface area contributed by atoms with E-state index in [4.69, 9.17) is 0 Å². The Balaban J connectivity index is 1.82. The molecule has 1 aromatic heterocycles. The van der Waals surface area contributed by atoms with Gasteiger partial charge in [0.05, 0.1) is 11.6 Å². The maximum absolute atomic E-state index is 9.21. The summed E-state index contributed by atoms with van der Waals surface area (Å²) in [5.41, 5.74) is 1.01. The van der Waals surface area contributed by atoms with Crippen molar-refractivity contribution in [3.05, 3.63) is 36.4 Å². The van der Waals surface area contributed by atoms with Crippen molar-refractivity contribution < 1.29 is 5.11 Å². The molecule has 0 spiro atoms. The quantitative estimate of drug-likeness (QED) is 0.805. The summed E-state index contributed by atoms with van der Waals surface area (Å²) in [4.78, 5) is 4.53. The van der Waals surface area contributed by atoms with Crippen LogP contribution in [0, 0.1) is 0 Å². The van der Waals surface area contributed by atoms with Crippen molar-refractivity contribution >= 4 is 16.7 Å². The standard InChI is InChI=1S/C13H14N2O/c16-11-7-10(8-11)14-13-6-5-9-3-1-2-4-12(9)15-13/h1-6,10-11,16H,7-8H2,(H,14,15)/t10-,11-. The van der Waals surface area contributed by atoms with E-state index in [9.17, 15) is 5.11 Å². The van der Waals surface area contributed by atoms with E-state index in [-0.39, 0.29) is 6.10 Å². The molecule has 1 saturated carbocycles. The van der Waals surface area contributed by atoms with Gasteiger partial charge in [0.2, 0.25) is 0 Å². The highest BCUT2D eigenvalue weighted by molar-refractivity contribution is 5.80. The highest BCUT2D eigenvalue weighted by atomic mass is 16.3. The number of anilines is 1. The fraction of sp³-hybridized carbons (Fsp3) is 0.308. The van der Waals surface area contributed by atoms with E-state index in [1.54, 1.807) is 0 Å². The lowest BCUT2D eigenvalue weighted by atomic mass is 9.89. The van der Waals surface area contributed by atoms with Crippen molar-refractivity contribution in [2.75, 3.05) is 5.32 Å². The monoisotopic (exact) mass is 214 g/mol. The smallest absolute Gasteiger partial charge is 0.126 e. The normalized spacial score (nSPS) is 24.1. The molecule has 0 aliphatic heterocycles. The molecule has 3 rings (SSSR count). The molecule has 2 N–H and O–H groups in total. The van der Waals surface area contributed by atoms with Crippen molar-refractivity contribution in [3.63, 3.8) is 0 Å². The molecule has 1 aliphatic rings. The van der Waals surface area contributed by atoms with Gasteiger partial charge in [0, 0.05) is 11.4 Å². The first-order valence-electron chi connectivity index (χ1n) is 5.62. The number of pyridine rings is 1. The third-order valence-electron chi connectivity index (χ3n) is 3.06. The zero-order valence-electron chi connectivity index (χ0n) is 8.93. The number of aliphatic hydroxyl groups is 1. The van der Waals surface area contributed by atoms with Gasteiger partial charge in [-0.25, -0.2) is 4.98 Å². The molecule has 16 heavy (non-hydrogen) atoms. The summed E-state index contributed by atoms with van der Waals surface area (Å²) < 4.78 is 0. The van der Waals surface area contributed by atoms with Gasteiger partial charge in [0.25, 0.3) is 0 Å². The highest BCUT2D eigenvalue weighted by Gasteiger charge is 2.26. The SMILES string of the molecule is O[C@H]1C[C@H](Nc2ccc3ccccc3n2)C1. The van der Waals surface area contributed by atoms with Gasteiger partial charge in [0.15, 0.2) is 0 Å². The summed E-state index contributed by atoms with van der Waals surface area (Å²) in [6.07, 6.45) is 1.53. The number of aromatic nitrogens is 1. The van der Waals surface area contributed by atoms with Crippen LogP contribution in [-0.4, -0.2) is 22.2 Å². The van der Waals surface area contributed by atoms with Crippen LogP contribution >= 0.6 is 0 Å². The first-order chi connectivity index (χ1) is 7.81. The Labute approximate surface area is 94.1 Å². The lowest BCUT2D eigenvalue weighted by molar-refractivity contribution is 0.0835. The number of benzene rings is 1. The van der Waals surface area contributed by atoms with Gasteiger partial charge in [-0.3, -0.25) is 0 Å². The predicted molar refractivity (Wildman–Crippen MR) is 64.4 cm³/mol. The summed E-state index contributed by atoms with van der Waals surface area (Å²) in [6, 6.07) is 12.5. The Hall–Kier alpha value is -1.61. The minimum Gasteiger partial charge on any atom is -0.393 e. The van der Waals surface area contributed by atoms with E-state index in [0.717, 1.165) is 29.6 Å². The fourth-order valence-electron chi connectivity index (χ4n) is 2.06. The Morgan fingerprint density at radius 2 is 1.94 bits per heavy atom. The van der Waals surface area contributed by atoms with Crippen LogP contribution in [0.3, 0.4) is 0 Å². The third kappa shape index (κ3) is 1.74. The van der Waals surface area contributed by atoms with Gasteiger partial charge < -0.3 is 10.4 Å². The van der Waals surface area contributed by atoms with Crippen molar-refractivity contribution in [2.24, 2.45) is 0 Å². The average molecular weight is 214 g/mol. The Kier molecular flexibility index (Phi) is 2.26. The summed E-state index contributed by atoms with van der Waals surface area (Å²) in [5, 5.41) is 13.7. The number of fused-ring (bicyclic) bond motifs is 1. The second-order valence-electron chi connectivity index (χ2n) is 4.36. The average Bonchev–Trinajstić information content (AvgIpc) is 2.27. The van der Waals surface area contributed by atoms with Gasteiger partial charge in [-0.15, -0.1) is 0 Å². The first-order valence-corrected chi connectivity index (χ1v) is 5.62. The highest BCUT2D eigenvalue weighted by Crippen LogP contribution is 2.24. The number of nitrogens with one attached hydrogen (secondary N) is 1. The minimum absolute atomic E-state index is 0.127. The van der Waals surface area contributed by atoms with Gasteiger partial charge >= 0.3 is 0 Å². The summed E-state index contributed by atoms with van der Waals surface area (Å²) >= 11 is 0. The zero-order chi connectivity index (χ0) is 11.0. The molecular weight excluding hydrogens is 200 g/mol. The largest absolute Gasteiger partial charge is 0.393 e. The second kappa shape index (κ2) is 3.76. The molecule has 1 aliphatic carbocycles. The molecule has 0 unspecified atom stereocenters. The van der Waals surface area contributed by atoms with Crippen LogP contribution in [0.15, 0.2) is 36.4 Å². The van der Waals surface area contributed by atoms with Crippen LogP contribution in [0.1, 0.15) is 12.8 Å². The number of hydrogen-bond acceptors (Lipinski definition) is 3. The molecule has 0 amide bonds. The number of hydrogen-bond donors (Lipinski definition) is 2. The lowest BCUT2D eigenvalue weighted by Crippen LogP contribution is -2.39. The molecule has 0 radical (unpaired) electrons. The van der Waals surface area contributed by atoms with E-state index < -0.39 is 0 Å². The van der Waals surface area contributed by atoms with E-state index >= 15 is 0 Å². The molecule has 1 fully saturated rings. The Morgan fingerprint density at radius 3 is 2.75 bits per heavy atom. The number of nitrogens with zero attached hydrogens (tertiary/aromatic N) is 1. The van der Waals surface area contributed by atoms with Crippen LogP contribution in [-0.2, 0) is 0 Å². The molecular formula is C13H14N2O. The topological polar surface area (TPSA) is 45.1 Å². The third-order valence-corrected chi connectivity index (χ3v) is 3.06. The van der Waals surface area contributed by atoms with E-state index in [1.165, 1.54) is 0 Å². The van der Waals surface area contributed by atoms with Crippen LogP contribution in [0.4, 0.5) is 5.82 Å². The Morgan fingerprint density at radius 1 is 1.12 bits per heavy atom. The van der Waals surface area contributed by atoms with E-state index in [2.05, 4.69) is 22.4 Å². The number of rotatable bonds is 2. The molecule has 1 aromatic carbocycles. The summed E-state index contributed by atoms with van der Waals surface area (Å²) in [6.45, 7) is 0. The molecule has 1 heterocycles. The van der Waals surface area contributed by atoms with Crippen molar-refractivity contribution in [1.82, 2.24) is 4.98 Å². The minimum atomic E-state index is -0.127. The van der Waals surface area contributed by atoms with Crippen LogP contribution in [0.5, 0.6) is 0 Å². The second-order valence-corrected chi connectivity index (χ2v) is 4.36. The van der Waals surface area contributed by atoms with Crippen LogP contribution in [0.2, 0.25) is 0 Å². The molecule has 3 nitrogen and oxygen atoms in total. The van der Waals surface area contributed by atoms with Gasteiger partial charge in [-0.05, 0) is 31.0 Å². The maximum atomic E-state index is 9.21. The molecule has 0 atom stereocenters. The number of para-hydroxylation sites is 1. The molecule has 0 bridgehead atoms. The molecule has 2 aromatic rings. The van der Waals surface area contributed by atoms with E-state index in [1.807, 2.05) is 24.3 Å². The van der Waals surface area contributed by atoms with Gasteiger partial charge in [-0.2, -0.15) is 0 Å².